The van der Waals surface area contributed by atoms with Crippen LogP contribution in [-0.4, -0.2) is 30.5 Å². The van der Waals surface area contributed by atoms with Crippen LogP contribution in [0.4, 0.5) is 0 Å². The van der Waals surface area contributed by atoms with E-state index in [1.54, 1.807) is 4.57 Å². The molecule has 3 heterocycles. The van der Waals surface area contributed by atoms with Gasteiger partial charge < -0.3 is 4.57 Å². The molecule has 140 valence electrons. The molecule has 5 rings (SSSR count). The molecular weight excluding hydrogens is 362 g/mol. The molecule has 1 fully saturated rings. The Hall–Kier alpha value is -2.18. The molecule has 3 aromatic rings. The highest BCUT2D eigenvalue weighted by Crippen LogP contribution is 2.31. The summed E-state index contributed by atoms with van der Waals surface area (Å²) >= 11 is 5.98. The van der Waals surface area contributed by atoms with Gasteiger partial charge in [0, 0.05) is 30.7 Å². The maximum absolute atomic E-state index is 12.9. The Morgan fingerprint density at radius 2 is 1.89 bits per heavy atom. The largest absolute Gasteiger partial charge is 0.312 e. The number of benzene rings is 1. The zero-order chi connectivity index (χ0) is 18.4. The number of rotatable bonds is 3. The van der Waals surface area contributed by atoms with Crippen molar-refractivity contribution in [2.24, 2.45) is 0 Å². The van der Waals surface area contributed by atoms with Crippen LogP contribution in [0.1, 0.15) is 43.1 Å². The minimum absolute atomic E-state index is 0.00195. The van der Waals surface area contributed by atoms with Crippen molar-refractivity contribution in [3.8, 4) is 0 Å². The summed E-state index contributed by atoms with van der Waals surface area (Å²) in [5, 5.41) is 0.749. The van der Waals surface area contributed by atoms with E-state index in [1.165, 1.54) is 18.4 Å². The molecule has 0 bridgehead atoms. The van der Waals surface area contributed by atoms with Gasteiger partial charge >= 0.3 is 0 Å². The van der Waals surface area contributed by atoms with Crippen molar-refractivity contribution in [2.75, 3.05) is 6.54 Å². The fourth-order valence-corrected chi connectivity index (χ4v) is 4.47. The summed E-state index contributed by atoms with van der Waals surface area (Å²) in [7, 11) is 0. The summed E-state index contributed by atoms with van der Waals surface area (Å²) in [6, 6.07) is 8.37. The van der Waals surface area contributed by atoms with Gasteiger partial charge in [0.1, 0.15) is 5.82 Å². The lowest BCUT2D eigenvalue weighted by Gasteiger charge is -2.29. The van der Waals surface area contributed by atoms with Crippen LogP contribution in [0.3, 0.4) is 0 Å². The highest BCUT2D eigenvalue weighted by molar-refractivity contribution is 6.30. The van der Waals surface area contributed by atoms with Crippen LogP contribution in [0.2, 0.25) is 5.02 Å². The molecule has 0 radical (unpaired) electrons. The first-order valence-corrected chi connectivity index (χ1v) is 10.00. The van der Waals surface area contributed by atoms with Crippen LogP contribution in [0.5, 0.6) is 0 Å². The average molecular weight is 384 g/mol. The SMILES string of the molecule is O=c1c2ncn(C3CCCC3)c2nc2n1CCN(Cc1ccc(Cl)cc1)C2. The molecule has 0 saturated heterocycles. The van der Waals surface area contributed by atoms with E-state index in [0.717, 1.165) is 42.4 Å². The van der Waals surface area contributed by atoms with E-state index < -0.39 is 0 Å². The highest BCUT2D eigenvalue weighted by Gasteiger charge is 2.25. The molecule has 1 saturated carbocycles. The van der Waals surface area contributed by atoms with Crippen molar-refractivity contribution < 1.29 is 0 Å². The summed E-state index contributed by atoms with van der Waals surface area (Å²) in [5.41, 5.74) is 2.48. The van der Waals surface area contributed by atoms with E-state index in [-0.39, 0.29) is 5.56 Å². The lowest BCUT2D eigenvalue weighted by atomic mass is 10.2. The number of halogens is 1. The van der Waals surface area contributed by atoms with Crippen LogP contribution in [0.15, 0.2) is 35.4 Å². The monoisotopic (exact) mass is 383 g/mol. The zero-order valence-electron chi connectivity index (χ0n) is 15.1. The van der Waals surface area contributed by atoms with Crippen molar-refractivity contribution in [1.29, 1.82) is 0 Å². The Balaban J connectivity index is 1.47. The minimum Gasteiger partial charge on any atom is -0.312 e. The number of hydrogen-bond acceptors (Lipinski definition) is 4. The van der Waals surface area contributed by atoms with Gasteiger partial charge in [-0.1, -0.05) is 36.6 Å². The van der Waals surface area contributed by atoms with Gasteiger partial charge in [-0.3, -0.25) is 14.3 Å². The third-order valence-electron chi connectivity index (χ3n) is 5.80. The number of imidazole rings is 1. The zero-order valence-corrected chi connectivity index (χ0v) is 15.9. The van der Waals surface area contributed by atoms with Crippen molar-refractivity contribution in [2.45, 2.75) is 51.4 Å². The van der Waals surface area contributed by atoms with E-state index in [2.05, 4.69) is 26.6 Å². The second-order valence-electron chi connectivity index (χ2n) is 7.58. The molecule has 7 heteroatoms. The Morgan fingerprint density at radius 3 is 2.67 bits per heavy atom. The third kappa shape index (κ3) is 3.07. The molecule has 0 atom stereocenters. The second-order valence-corrected chi connectivity index (χ2v) is 8.02. The Bertz CT molecular complexity index is 1030. The van der Waals surface area contributed by atoms with Gasteiger partial charge in [-0.2, -0.15) is 0 Å². The normalized spacial score (nSPS) is 18.3. The predicted octanol–water partition coefficient (Wildman–Crippen LogP) is 3.38. The molecular formula is C20H22ClN5O. The average Bonchev–Trinajstić information content (AvgIpc) is 3.33. The Kier molecular flexibility index (Phi) is 4.25. The summed E-state index contributed by atoms with van der Waals surface area (Å²) in [6.45, 7) is 2.98. The first-order chi connectivity index (χ1) is 13.2. The number of hydrogen-bond donors (Lipinski definition) is 0. The first kappa shape index (κ1) is 17.0. The van der Waals surface area contributed by atoms with Crippen molar-refractivity contribution >= 4 is 22.8 Å². The molecule has 2 aliphatic rings. The maximum atomic E-state index is 12.9. The highest BCUT2D eigenvalue weighted by atomic mass is 35.5. The van der Waals surface area contributed by atoms with Crippen molar-refractivity contribution in [1.82, 2.24) is 24.0 Å². The van der Waals surface area contributed by atoms with Gasteiger partial charge in [0.15, 0.2) is 11.2 Å². The van der Waals surface area contributed by atoms with Gasteiger partial charge in [0.25, 0.3) is 5.56 Å². The van der Waals surface area contributed by atoms with Crippen molar-refractivity contribution in [3.63, 3.8) is 0 Å². The fraction of sp³-hybridized carbons (Fsp3) is 0.450. The maximum Gasteiger partial charge on any atom is 0.281 e. The lowest BCUT2D eigenvalue weighted by molar-refractivity contribution is 0.204. The molecule has 0 spiro atoms. The fourth-order valence-electron chi connectivity index (χ4n) is 4.35. The summed E-state index contributed by atoms with van der Waals surface area (Å²) in [6.07, 6.45) is 6.58. The van der Waals surface area contributed by atoms with Gasteiger partial charge in [0.05, 0.1) is 12.9 Å². The number of aromatic nitrogens is 4. The molecule has 0 unspecified atom stereocenters. The van der Waals surface area contributed by atoms with E-state index in [0.29, 0.717) is 24.6 Å². The van der Waals surface area contributed by atoms with Crippen molar-refractivity contribution in [3.05, 3.63) is 57.4 Å². The van der Waals surface area contributed by atoms with E-state index >= 15 is 0 Å². The van der Waals surface area contributed by atoms with Crippen LogP contribution in [0.25, 0.3) is 11.2 Å². The molecule has 1 aliphatic heterocycles. The Labute approximate surface area is 162 Å². The minimum atomic E-state index is -0.00195. The quantitative estimate of drug-likeness (QED) is 0.695. The number of fused-ring (bicyclic) bond motifs is 2. The van der Waals surface area contributed by atoms with Crippen LogP contribution >= 0.6 is 11.6 Å². The molecule has 0 amide bonds. The molecule has 0 N–H and O–H groups in total. The molecule has 6 nitrogen and oxygen atoms in total. The standard InChI is InChI=1S/C20H22ClN5O/c21-15-7-5-14(6-8-15)11-24-9-10-25-17(12-24)23-19-18(20(25)27)22-13-26(19)16-3-1-2-4-16/h5-8,13,16H,1-4,9-12H2. The third-order valence-corrected chi connectivity index (χ3v) is 6.06. The lowest BCUT2D eigenvalue weighted by Crippen LogP contribution is -2.39. The topological polar surface area (TPSA) is 56.0 Å². The van der Waals surface area contributed by atoms with Crippen LogP contribution in [-0.2, 0) is 19.6 Å². The summed E-state index contributed by atoms with van der Waals surface area (Å²) < 4.78 is 3.93. The number of nitrogens with zero attached hydrogens (tertiary/aromatic N) is 5. The van der Waals surface area contributed by atoms with E-state index in [9.17, 15) is 4.79 Å². The predicted molar refractivity (Wildman–Crippen MR) is 105 cm³/mol. The van der Waals surface area contributed by atoms with Gasteiger partial charge in [0.2, 0.25) is 0 Å². The van der Waals surface area contributed by atoms with Gasteiger partial charge in [-0.15, -0.1) is 0 Å². The summed E-state index contributed by atoms with van der Waals surface area (Å²) in [4.78, 5) is 24.5. The van der Waals surface area contributed by atoms with Crippen LogP contribution in [0, 0.1) is 0 Å². The molecule has 27 heavy (non-hydrogen) atoms. The van der Waals surface area contributed by atoms with Gasteiger partial charge in [-0.25, -0.2) is 9.97 Å². The molecule has 1 aliphatic carbocycles. The smallest absolute Gasteiger partial charge is 0.281 e. The van der Waals surface area contributed by atoms with E-state index in [1.807, 2.05) is 18.5 Å². The first-order valence-electron chi connectivity index (χ1n) is 9.62. The Morgan fingerprint density at radius 1 is 1.11 bits per heavy atom. The van der Waals surface area contributed by atoms with Gasteiger partial charge in [-0.05, 0) is 30.5 Å². The van der Waals surface area contributed by atoms with E-state index in [4.69, 9.17) is 16.6 Å². The molecule has 2 aromatic heterocycles. The summed E-state index contributed by atoms with van der Waals surface area (Å²) in [5.74, 6) is 0.840. The second kappa shape index (κ2) is 6.77. The molecule has 1 aromatic carbocycles. The van der Waals surface area contributed by atoms with Crippen LogP contribution < -0.4 is 5.56 Å².